The van der Waals surface area contributed by atoms with Crippen molar-refractivity contribution in [1.29, 1.82) is 0 Å². The molecule has 1 nitrogen and oxygen atoms in total. The molecule has 2 rings (SSSR count). The van der Waals surface area contributed by atoms with E-state index in [1.165, 1.54) is 19.3 Å². The first kappa shape index (κ1) is 14.9. The maximum atomic E-state index is 12.5. The van der Waals surface area contributed by atoms with E-state index in [2.05, 4.69) is 6.92 Å². The van der Waals surface area contributed by atoms with Crippen molar-refractivity contribution in [3.05, 3.63) is 33.8 Å². The summed E-state index contributed by atoms with van der Waals surface area (Å²) in [4.78, 5) is 12.5. The molecular weight excluding hydrogens is 279 g/mol. The number of hydrogen-bond acceptors (Lipinski definition) is 1. The fourth-order valence-corrected chi connectivity index (χ4v) is 3.58. The second-order valence-electron chi connectivity index (χ2n) is 5.44. The standard InChI is InChI=1S/C16H20Cl2O/c1-2-11-5-3-4-6-14(11)16(19)9-12-7-8-13(17)10-15(12)18/h7-8,10-11,14H,2-6,9H2,1H3. The van der Waals surface area contributed by atoms with Crippen LogP contribution in [-0.4, -0.2) is 5.78 Å². The monoisotopic (exact) mass is 298 g/mol. The summed E-state index contributed by atoms with van der Waals surface area (Å²) in [7, 11) is 0. The number of rotatable bonds is 4. The molecule has 0 aliphatic heterocycles. The Bertz CT molecular complexity index is 456. The Morgan fingerprint density at radius 3 is 2.68 bits per heavy atom. The fraction of sp³-hybridized carbons (Fsp3) is 0.562. The second kappa shape index (κ2) is 6.76. The van der Waals surface area contributed by atoms with Gasteiger partial charge >= 0.3 is 0 Å². The van der Waals surface area contributed by atoms with Crippen molar-refractivity contribution >= 4 is 29.0 Å². The number of hydrogen-bond donors (Lipinski definition) is 0. The van der Waals surface area contributed by atoms with E-state index in [-0.39, 0.29) is 5.92 Å². The zero-order valence-electron chi connectivity index (χ0n) is 11.3. The molecule has 1 aliphatic carbocycles. The molecule has 1 aliphatic rings. The Labute approximate surface area is 125 Å². The van der Waals surface area contributed by atoms with E-state index in [1.807, 2.05) is 6.07 Å². The van der Waals surface area contributed by atoms with Gasteiger partial charge in [-0.3, -0.25) is 4.79 Å². The average Bonchev–Trinajstić information content (AvgIpc) is 2.41. The van der Waals surface area contributed by atoms with Crippen molar-refractivity contribution in [2.45, 2.75) is 45.4 Å². The van der Waals surface area contributed by atoms with Crippen molar-refractivity contribution in [3.8, 4) is 0 Å². The molecule has 1 fully saturated rings. The summed E-state index contributed by atoms with van der Waals surface area (Å²) in [6.45, 7) is 2.19. The molecule has 3 heteroatoms. The molecule has 2 atom stereocenters. The first-order valence-electron chi connectivity index (χ1n) is 7.08. The van der Waals surface area contributed by atoms with Gasteiger partial charge in [-0.15, -0.1) is 0 Å². The zero-order valence-corrected chi connectivity index (χ0v) is 12.8. The lowest BCUT2D eigenvalue weighted by Gasteiger charge is -2.29. The van der Waals surface area contributed by atoms with Crippen LogP contribution in [0.4, 0.5) is 0 Å². The number of carbonyl (C=O) groups is 1. The van der Waals surface area contributed by atoms with Gasteiger partial charge in [-0.2, -0.15) is 0 Å². The van der Waals surface area contributed by atoms with Gasteiger partial charge in [-0.1, -0.05) is 55.5 Å². The van der Waals surface area contributed by atoms with Crippen molar-refractivity contribution in [3.63, 3.8) is 0 Å². The van der Waals surface area contributed by atoms with Gasteiger partial charge in [0.1, 0.15) is 5.78 Å². The molecule has 0 saturated heterocycles. The highest BCUT2D eigenvalue weighted by atomic mass is 35.5. The molecular formula is C16H20Cl2O. The van der Waals surface area contributed by atoms with Gasteiger partial charge in [-0.05, 0) is 36.5 Å². The van der Waals surface area contributed by atoms with Crippen LogP contribution in [0, 0.1) is 11.8 Å². The summed E-state index contributed by atoms with van der Waals surface area (Å²) in [6, 6.07) is 5.38. The molecule has 2 unspecified atom stereocenters. The lowest BCUT2D eigenvalue weighted by Crippen LogP contribution is -2.28. The maximum Gasteiger partial charge on any atom is 0.140 e. The van der Waals surface area contributed by atoms with Gasteiger partial charge in [0.25, 0.3) is 0 Å². The predicted molar refractivity (Wildman–Crippen MR) is 80.9 cm³/mol. The van der Waals surface area contributed by atoms with Gasteiger partial charge in [0.15, 0.2) is 0 Å². The van der Waals surface area contributed by atoms with Gasteiger partial charge in [0.05, 0.1) is 0 Å². The molecule has 1 aromatic carbocycles. The van der Waals surface area contributed by atoms with Gasteiger partial charge < -0.3 is 0 Å². The highest BCUT2D eigenvalue weighted by Gasteiger charge is 2.29. The van der Waals surface area contributed by atoms with E-state index >= 15 is 0 Å². The van der Waals surface area contributed by atoms with E-state index in [0.29, 0.717) is 28.2 Å². The van der Waals surface area contributed by atoms with Crippen molar-refractivity contribution < 1.29 is 4.79 Å². The molecule has 0 spiro atoms. The van der Waals surface area contributed by atoms with Crippen LogP contribution in [0.15, 0.2) is 18.2 Å². The van der Waals surface area contributed by atoms with E-state index in [1.54, 1.807) is 12.1 Å². The molecule has 0 radical (unpaired) electrons. The van der Waals surface area contributed by atoms with Crippen molar-refractivity contribution in [2.24, 2.45) is 11.8 Å². The summed E-state index contributed by atoms with van der Waals surface area (Å²) < 4.78 is 0. The number of benzene rings is 1. The van der Waals surface area contributed by atoms with E-state index < -0.39 is 0 Å². The van der Waals surface area contributed by atoms with Crippen LogP contribution in [0.5, 0.6) is 0 Å². The lowest BCUT2D eigenvalue weighted by molar-refractivity contribution is -0.125. The van der Waals surface area contributed by atoms with Crippen molar-refractivity contribution in [1.82, 2.24) is 0 Å². The molecule has 0 aromatic heterocycles. The molecule has 1 aromatic rings. The van der Waals surface area contributed by atoms with Crippen LogP contribution < -0.4 is 0 Å². The van der Waals surface area contributed by atoms with Gasteiger partial charge in [-0.25, -0.2) is 0 Å². The largest absolute Gasteiger partial charge is 0.299 e. The summed E-state index contributed by atoms with van der Waals surface area (Å²) in [5.74, 6) is 1.13. The van der Waals surface area contributed by atoms with Crippen LogP contribution in [0.2, 0.25) is 10.0 Å². The summed E-state index contributed by atoms with van der Waals surface area (Å²) in [5.41, 5.74) is 0.900. The summed E-state index contributed by atoms with van der Waals surface area (Å²) >= 11 is 12.0. The SMILES string of the molecule is CCC1CCCCC1C(=O)Cc1ccc(Cl)cc1Cl. The Hall–Kier alpha value is -0.530. The predicted octanol–water partition coefficient (Wildman–Crippen LogP) is 5.32. The Kier molecular flexibility index (Phi) is 5.29. The molecule has 104 valence electrons. The average molecular weight is 299 g/mol. The first-order valence-corrected chi connectivity index (χ1v) is 7.84. The normalized spacial score (nSPS) is 23.3. The van der Waals surface area contributed by atoms with E-state index in [0.717, 1.165) is 18.4 Å². The maximum absolute atomic E-state index is 12.5. The Morgan fingerprint density at radius 2 is 2.00 bits per heavy atom. The minimum Gasteiger partial charge on any atom is -0.299 e. The number of Topliss-reactive ketones (excluding diaryl/α,β-unsaturated/α-hetero) is 1. The molecule has 0 N–H and O–H groups in total. The second-order valence-corrected chi connectivity index (χ2v) is 6.28. The van der Waals surface area contributed by atoms with Crippen LogP contribution in [0.3, 0.4) is 0 Å². The quantitative estimate of drug-likeness (QED) is 0.735. The van der Waals surface area contributed by atoms with Crippen LogP contribution >= 0.6 is 23.2 Å². The third-order valence-electron chi connectivity index (χ3n) is 4.23. The molecule has 1 saturated carbocycles. The topological polar surface area (TPSA) is 17.1 Å². The highest BCUT2D eigenvalue weighted by Crippen LogP contribution is 2.34. The minimum absolute atomic E-state index is 0.227. The minimum atomic E-state index is 0.227. The Balaban J connectivity index is 2.07. The number of carbonyl (C=O) groups excluding carboxylic acids is 1. The summed E-state index contributed by atoms with van der Waals surface area (Å²) in [6.07, 6.45) is 6.23. The molecule has 0 heterocycles. The highest BCUT2D eigenvalue weighted by molar-refractivity contribution is 6.35. The smallest absolute Gasteiger partial charge is 0.140 e. The third kappa shape index (κ3) is 3.73. The molecule has 19 heavy (non-hydrogen) atoms. The van der Waals surface area contributed by atoms with E-state index in [9.17, 15) is 4.79 Å². The fourth-order valence-electron chi connectivity index (χ4n) is 3.10. The van der Waals surface area contributed by atoms with Crippen LogP contribution in [0.1, 0.15) is 44.6 Å². The van der Waals surface area contributed by atoms with Crippen LogP contribution in [-0.2, 0) is 11.2 Å². The van der Waals surface area contributed by atoms with Crippen molar-refractivity contribution in [2.75, 3.05) is 0 Å². The zero-order chi connectivity index (χ0) is 13.8. The molecule has 0 amide bonds. The molecule has 0 bridgehead atoms. The third-order valence-corrected chi connectivity index (χ3v) is 4.81. The summed E-state index contributed by atoms with van der Waals surface area (Å²) in [5, 5.41) is 1.22. The van der Waals surface area contributed by atoms with Gasteiger partial charge in [0, 0.05) is 22.4 Å². The van der Waals surface area contributed by atoms with Gasteiger partial charge in [0.2, 0.25) is 0 Å². The Morgan fingerprint density at radius 1 is 1.26 bits per heavy atom. The lowest BCUT2D eigenvalue weighted by atomic mass is 9.74. The van der Waals surface area contributed by atoms with E-state index in [4.69, 9.17) is 23.2 Å². The van der Waals surface area contributed by atoms with Crippen LogP contribution in [0.25, 0.3) is 0 Å². The number of ketones is 1. The first-order chi connectivity index (χ1) is 9.11. The number of halogens is 2.